The number of nitrogens with zero attached hydrogens (tertiary/aromatic N) is 2. The normalized spacial score (nSPS) is 25.1. The average molecular weight is 387 g/mol. The van der Waals surface area contributed by atoms with Crippen molar-refractivity contribution in [3.8, 4) is 5.75 Å². The van der Waals surface area contributed by atoms with Crippen molar-refractivity contribution < 1.29 is 14.3 Å². The van der Waals surface area contributed by atoms with Gasteiger partial charge in [0, 0.05) is 24.4 Å². The van der Waals surface area contributed by atoms with Gasteiger partial charge in [0.05, 0.1) is 29.3 Å². The fourth-order valence-corrected chi connectivity index (χ4v) is 5.08. The van der Waals surface area contributed by atoms with Gasteiger partial charge in [-0.3, -0.25) is 4.79 Å². The van der Waals surface area contributed by atoms with E-state index in [4.69, 9.17) is 9.47 Å². The highest BCUT2D eigenvalue weighted by atomic mass is 32.1. The molecule has 2 aliphatic heterocycles. The van der Waals surface area contributed by atoms with Crippen LogP contribution in [0.25, 0.3) is 0 Å². The Kier molecular flexibility index (Phi) is 5.19. The summed E-state index contributed by atoms with van der Waals surface area (Å²) in [6.45, 7) is 6.03. The molecule has 2 aromatic rings. The number of carbonyl (C=O) groups excluding carboxylic acids is 1. The van der Waals surface area contributed by atoms with E-state index in [-0.39, 0.29) is 17.6 Å². The number of benzene rings is 1. The molecule has 0 unspecified atom stereocenters. The molecule has 2 aliphatic rings. The molecular weight excluding hydrogens is 360 g/mol. The van der Waals surface area contributed by atoms with Crippen molar-refractivity contribution in [2.24, 2.45) is 0 Å². The summed E-state index contributed by atoms with van der Waals surface area (Å²) in [5.74, 6) is 1.06. The Bertz CT molecular complexity index is 807. The van der Waals surface area contributed by atoms with Crippen LogP contribution in [-0.4, -0.2) is 47.2 Å². The Labute approximate surface area is 164 Å². The summed E-state index contributed by atoms with van der Waals surface area (Å²) >= 11 is 1.62. The zero-order valence-electron chi connectivity index (χ0n) is 15.9. The van der Waals surface area contributed by atoms with Gasteiger partial charge in [-0.1, -0.05) is 18.2 Å². The molecule has 3 heterocycles. The average Bonchev–Trinajstić information content (AvgIpc) is 3.18. The first-order valence-electron chi connectivity index (χ1n) is 9.59. The predicted molar refractivity (Wildman–Crippen MR) is 105 cm³/mol. The van der Waals surface area contributed by atoms with Gasteiger partial charge in [-0.2, -0.15) is 0 Å². The number of aryl methyl sites for hydroxylation is 2. The first kappa shape index (κ1) is 18.4. The smallest absolute Gasteiger partial charge is 0.227 e. The van der Waals surface area contributed by atoms with Crippen molar-refractivity contribution in [2.45, 2.75) is 51.2 Å². The number of rotatable bonds is 4. The Balaban J connectivity index is 1.37. The zero-order valence-corrected chi connectivity index (χ0v) is 16.8. The van der Waals surface area contributed by atoms with Crippen molar-refractivity contribution in [1.29, 1.82) is 0 Å². The van der Waals surface area contributed by atoms with E-state index in [9.17, 15) is 4.79 Å². The molecule has 1 spiro atoms. The number of hydrogen-bond acceptors (Lipinski definition) is 5. The van der Waals surface area contributed by atoms with Gasteiger partial charge in [0.2, 0.25) is 5.91 Å². The van der Waals surface area contributed by atoms with Crippen molar-refractivity contribution in [1.82, 2.24) is 9.88 Å². The van der Waals surface area contributed by atoms with Crippen LogP contribution < -0.4 is 4.74 Å². The lowest BCUT2D eigenvalue weighted by Gasteiger charge is -2.39. The van der Waals surface area contributed by atoms with Gasteiger partial charge < -0.3 is 14.4 Å². The van der Waals surface area contributed by atoms with Crippen LogP contribution in [0.3, 0.4) is 0 Å². The molecule has 0 radical (unpaired) electrons. The topological polar surface area (TPSA) is 51.7 Å². The third-order valence-corrected chi connectivity index (χ3v) is 6.50. The van der Waals surface area contributed by atoms with Crippen molar-refractivity contribution in [2.75, 3.05) is 19.7 Å². The molecule has 1 aromatic carbocycles. The largest absolute Gasteiger partial charge is 0.488 e. The zero-order chi connectivity index (χ0) is 18.9. The van der Waals surface area contributed by atoms with Gasteiger partial charge in [-0.05, 0) is 38.8 Å². The van der Waals surface area contributed by atoms with Crippen molar-refractivity contribution in [3.63, 3.8) is 0 Å². The quantitative estimate of drug-likeness (QED) is 0.807. The highest BCUT2D eigenvalue weighted by Crippen LogP contribution is 2.36. The van der Waals surface area contributed by atoms with Crippen LogP contribution in [0.2, 0.25) is 0 Å². The Morgan fingerprint density at radius 3 is 2.93 bits per heavy atom. The number of likely N-dealkylation sites (tertiary alicyclic amines) is 1. The van der Waals surface area contributed by atoms with Gasteiger partial charge in [-0.15, -0.1) is 11.3 Å². The lowest BCUT2D eigenvalue weighted by molar-refractivity contribution is -0.138. The first-order valence-corrected chi connectivity index (χ1v) is 10.4. The number of para-hydroxylation sites is 1. The minimum absolute atomic E-state index is 0.0499. The number of piperidine rings is 1. The van der Waals surface area contributed by atoms with E-state index in [1.807, 2.05) is 49.1 Å². The predicted octanol–water partition coefficient (Wildman–Crippen LogP) is 3.53. The molecule has 0 N–H and O–H groups in total. The van der Waals surface area contributed by atoms with Crippen LogP contribution in [0.5, 0.6) is 5.75 Å². The van der Waals surface area contributed by atoms with Gasteiger partial charge in [0.1, 0.15) is 11.9 Å². The Morgan fingerprint density at radius 1 is 1.37 bits per heavy atom. The van der Waals surface area contributed by atoms with Crippen LogP contribution in [0.15, 0.2) is 30.3 Å². The summed E-state index contributed by atoms with van der Waals surface area (Å²) in [5, 5.41) is 1.02. The first-order chi connectivity index (χ1) is 13.0. The lowest BCUT2D eigenvalue weighted by Crippen LogP contribution is -2.50. The third kappa shape index (κ3) is 4.17. The maximum Gasteiger partial charge on any atom is 0.227 e. The molecule has 2 saturated heterocycles. The molecular formula is C21H26N2O3S. The van der Waals surface area contributed by atoms with Crippen molar-refractivity contribution >= 4 is 17.2 Å². The van der Waals surface area contributed by atoms with Gasteiger partial charge in [0.15, 0.2) is 0 Å². The van der Waals surface area contributed by atoms with Crippen LogP contribution >= 0.6 is 11.3 Å². The molecule has 0 bridgehead atoms. The van der Waals surface area contributed by atoms with Gasteiger partial charge in [-0.25, -0.2) is 4.98 Å². The fourth-order valence-electron chi connectivity index (χ4n) is 4.15. The number of thiazole rings is 1. The second kappa shape index (κ2) is 7.60. The molecule has 144 valence electrons. The highest BCUT2D eigenvalue weighted by Gasteiger charge is 2.45. The molecule has 27 heavy (non-hydrogen) atoms. The molecule has 0 aliphatic carbocycles. The molecule has 0 saturated carbocycles. The Morgan fingerprint density at radius 2 is 2.19 bits per heavy atom. The molecule has 2 atom stereocenters. The van der Waals surface area contributed by atoms with E-state index in [1.54, 1.807) is 11.3 Å². The van der Waals surface area contributed by atoms with E-state index in [1.165, 1.54) is 0 Å². The number of hydrogen-bond donors (Lipinski definition) is 0. The molecule has 6 heteroatoms. The molecule has 1 aromatic heterocycles. The maximum absolute atomic E-state index is 12.9. The summed E-state index contributed by atoms with van der Waals surface area (Å²) < 4.78 is 12.3. The van der Waals surface area contributed by atoms with Crippen LogP contribution in [0.1, 0.15) is 34.8 Å². The molecule has 5 nitrogen and oxygen atoms in total. The highest BCUT2D eigenvalue weighted by molar-refractivity contribution is 7.11. The van der Waals surface area contributed by atoms with Gasteiger partial charge in [0.25, 0.3) is 0 Å². The van der Waals surface area contributed by atoms with E-state index in [0.29, 0.717) is 19.6 Å². The molecule has 1 amide bonds. The van der Waals surface area contributed by atoms with E-state index < -0.39 is 0 Å². The van der Waals surface area contributed by atoms with Crippen molar-refractivity contribution in [3.05, 3.63) is 45.9 Å². The maximum atomic E-state index is 12.9. The minimum atomic E-state index is -0.258. The number of ether oxygens (including phenoxy) is 2. The molecule has 2 fully saturated rings. The fraction of sp³-hybridized carbons (Fsp3) is 0.524. The van der Waals surface area contributed by atoms with Crippen LogP contribution in [0, 0.1) is 13.8 Å². The monoisotopic (exact) mass is 386 g/mol. The molecule has 4 rings (SSSR count). The SMILES string of the molecule is Cc1nc(C)c(CC(=O)N2CCC[C@@]3(C[C@@H](Oc4ccccc4)CO3)C2)s1. The van der Waals surface area contributed by atoms with E-state index in [0.717, 1.165) is 47.1 Å². The standard InChI is InChI=1S/C21H26N2O3S/c1-15-19(27-16(2)22-15)11-20(24)23-10-6-9-21(14-23)12-18(13-25-21)26-17-7-4-3-5-8-17/h3-5,7-8,18H,6,9-14H2,1-2H3/t18-,21-/m1/s1. The van der Waals surface area contributed by atoms with E-state index in [2.05, 4.69) is 4.98 Å². The second-order valence-electron chi connectivity index (χ2n) is 7.59. The summed E-state index contributed by atoms with van der Waals surface area (Å²) in [7, 11) is 0. The summed E-state index contributed by atoms with van der Waals surface area (Å²) in [4.78, 5) is 20.3. The number of carbonyl (C=O) groups is 1. The summed E-state index contributed by atoms with van der Waals surface area (Å²) in [6.07, 6.45) is 3.30. The summed E-state index contributed by atoms with van der Waals surface area (Å²) in [6, 6.07) is 9.88. The number of amides is 1. The van der Waals surface area contributed by atoms with Crippen LogP contribution in [0.4, 0.5) is 0 Å². The Hall–Kier alpha value is -1.92. The summed E-state index contributed by atoms with van der Waals surface area (Å²) in [5.41, 5.74) is 0.720. The minimum Gasteiger partial charge on any atom is -0.488 e. The second-order valence-corrected chi connectivity index (χ2v) is 8.88. The number of aromatic nitrogens is 1. The van der Waals surface area contributed by atoms with E-state index >= 15 is 0 Å². The van der Waals surface area contributed by atoms with Crippen LogP contribution in [-0.2, 0) is 16.0 Å². The third-order valence-electron chi connectivity index (χ3n) is 5.42. The van der Waals surface area contributed by atoms with Gasteiger partial charge >= 0.3 is 0 Å². The lowest BCUT2D eigenvalue weighted by atomic mass is 9.89.